The van der Waals surface area contributed by atoms with Gasteiger partial charge in [0.25, 0.3) is 5.91 Å². The summed E-state index contributed by atoms with van der Waals surface area (Å²) in [6.07, 6.45) is 1.91. The summed E-state index contributed by atoms with van der Waals surface area (Å²) in [6.45, 7) is 0.263. The van der Waals surface area contributed by atoms with E-state index in [1.54, 1.807) is 6.08 Å². The average molecular weight is 357 g/mol. The number of carbonyl (C=O) groups is 3. The van der Waals surface area contributed by atoms with Crippen LogP contribution >= 0.6 is 35.3 Å². The molecule has 1 aromatic heterocycles. The van der Waals surface area contributed by atoms with Crippen molar-refractivity contribution in [1.82, 2.24) is 4.90 Å². The molecule has 2 rings (SSSR count). The molecule has 0 unspecified atom stereocenters. The molecule has 2 heterocycles. The van der Waals surface area contributed by atoms with Crippen molar-refractivity contribution in [3.8, 4) is 0 Å². The monoisotopic (exact) mass is 357 g/mol. The van der Waals surface area contributed by atoms with Crippen LogP contribution in [0.1, 0.15) is 28.1 Å². The molecule has 116 valence electrons. The second-order valence-corrected chi connectivity index (χ2v) is 6.99. The number of hydrogen-bond donors (Lipinski definition) is 2. The molecule has 1 aliphatic heterocycles. The summed E-state index contributed by atoms with van der Waals surface area (Å²) in [5, 5.41) is 19.0. The number of thioether (sulfide) groups is 1. The third-order valence-electron chi connectivity index (χ3n) is 2.79. The molecule has 0 aromatic carbocycles. The van der Waals surface area contributed by atoms with Crippen molar-refractivity contribution in [2.24, 2.45) is 0 Å². The van der Waals surface area contributed by atoms with Gasteiger partial charge >= 0.3 is 11.9 Å². The standard InChI is InChI=1S/C13H11NO5S3/c15-10(16)2-1-3-14-11(17)9(22-13(14)20)5-8-4-7(6-21-8)12(18)19/h4-6H,1-3H2,(H,15,16)(H,18,19)/b9-5+. The Hall–Kier alpha value is -1.71. The van der Waals surface area contributed by atoms with Gasteiger partial charge in [-0.15, -0.1) is 11.3 Å². The van der Waals surface area contributed by atoms with E-state index in [0.717, 1.165) is 11.8 Å². The molecule has 22 heavy (non-hydrogen) atoms. The Bertz CT molecular complexity index is 679. The maximum atomic E-state index is 12.2. The van der Waals surface area contributed by atoms with Crippen molar-refractivity contribution < 1.29 is 24.6 Å². The minimum absolute atomic E-state index is 0.0248. The van der Waals surface area contributed by atoms with E-state index in [4.69, 9.17) is 22.4 Å². The van der Waals surface area contributed by atoms with Crippen molar-refractivity contribution in [2.45, 2.75) is 12.8 Å². The van der Waals surface area contributed by atoms with Gasteiger partial charge in [-0.25, -0.2) is 4.79 Å². The number of carboxylic acid groups (broad SMARTS) is 2. The molecule has 0 aliphatic carbocycles. The number of nitrogens with zero attached hydrogens (tertiary/aromatic N) is 1. The number of amides is 1. The highest BCUT2D eigenvalue weighted by atomic mass is 32.2. The largest absolute Gasteiger partial charge is 0.481 e. The first-order valence-corrected chi connectivity index (χ1v) is 8.28. The highest BCUT2D eigenvalue weighted by molar-refractivity contribution is 8.26. The van der Waals surface area contributed by atoms with E-state index in [0.29, 0.717) is 20.5 Å². The van der Waals surface area contributed by atoms with E-state index in [1.165, 1.54) is 27.7 Å². The predicted octanol–water partition coefficient (Wildman–Crippen LogP) is 2.51. The molecule has 1 aliphatic rings. The normalized spacial score (nSPS) is 16.5. The van der Waals surface area contributed by atoms with E-state index in [1.807, 2.05) is 0 Å². The van der Waals surface area contributed by atoms with Crippen LogP contribution in [0.5, 0.6) is 0 Å². The number of hydrogen-bond acceptors (Lipinski definition) is 6. The zero-order valence-corrected chi connectivity index (χ0v) is 13.6. The summed E-state index contributed by atoms with van der Waals surface area (Å²) in [6, 6.07) is 1.49. The van der Waals surface area contributed by atoms with Crippen LogP contribution in [0.25, 0.3) is 6.08 Å². The van der Waals surface area contributed by atoms with Gasteiger partial charge in [0, 0.05) is 23.2 Å². The Balaban J connectivity index is 2.08. The molecule has 0 spiro atoms. The van der Waals surface area contributed by atoms with Crippen molar-refractivity contribution >= 4 is 63.6 Å². The number of carbonyl (C=O) groups excluding carboxylic acids is 1. The van der Waals surface area contributed by atoms with E-state index in [9.17, 15) is 14.4 Å². The second kappa shape index (κ2) is 7.03. The van der Waals surface area contributed by atoms with Crippen LogP contribution in [0.4, 0.5) is 0 Å². The highest BCUT2D eigenvalue weighted by Gasteiger charge is 2.31. The van der Waals surface area contributed by atoms with Gasteiger partial charge in [-0.3, -0.25) is 14.5 Å². The molecule has 0 bridgehead atoms. The van der Waals surface area contributed by atoms with Gasteiger partial charge in [-0.1, -0.05) is 24.0 Å². The van der Waals surface area contributed by atoms with Crippen LogP contribution in [0.2, 0.25) is 0 Å². The molecular formula is C13H11NO5S3. The summed E-state index contributed by atoms with van der Waals surface area (Å²) >= 11 is 7.49. The Kier molecular flexibility index (Phi) is 5.33. The molecule has 6 nitrogen and oxygen atoms in total. The van der Waals surface area contributed by atoms with Crippen LogP contribution in [0.15, 0.2) is 16.4 Å². The van der Waals surface area contributed by atoms with Crippen LogP contribution in [-0.2, 0) is 9.59 Å². The Morgan fingerprint density at radius 2 is 2.09 bits per heavy atom. The summed E-state index contributed by atoms with van der Waals surface area (Å²) in [4.78, 5) is 36.0. The molecular weight excluding hydrogens is 346 g/mol. The lowest BCUT2D eigenvalue weighted by Gasteiger charge is -2.13. The molecule has 0 atom stereocenters. The average Bonchev–Trinajstić information content (AvgIpc) is 2.99. The van der Waals surface area contributed by atoms with Crippen LogP contribution in [0, 0.1) is 0 Å². The Morgan fingerprint density at radius 1 is 1.36 bits per heavy atom. The second-order valence-electron chi connectivity index (χ2n) is 4.37. The van der Waals surface area contributed by atoms with Crippen LogP contribution in [-0.4, -0.2) is 43.8 Å². The molecule has 1 fully saturated rings. The van der Waals surface area contributed by atoms with Crippen molar-refractivity contribution in [1.29, 1.82) is 0 Å². The third-order valence-corrected chi connectivity index (χ3v) is 5.04. The van der Waals surface area contributed by atoms with Gasteiger partial charge in [-0.05, 0) is 18.6 Å². The van der Waals surface area contributed by atoms with E-state index in [2.05, 4.69) is 0 Å². The fourth-order valence-electron chi connectivity index (χ4n) is 1.75. The van der Waals surface area contributed by atoms with Crippen LogP contribution < -0.4 is 0 Å². The first kappa shape index (κ1) is 16.7. The molecule has 0 radical (unpaired) electrons. The van der Waals surface area contributed by atoms with Crippen molar-refractivity contribution in [3.63, 3.8) is 0 Å². The molecule has 9 heteroatoms. The first-order valence-electron chi connectivity index (χ1n) is 6.17. The summed E-state index contributed by atoms with van der Waals surface area (Å²) in [7, 11) is 0. The predicted molar refractivity (Wildman–Crippen MR) is 88.0 cm³/mol. The van der Waals surface area contributed by atoms with Crippen LogP contribution in [0.3, 0.4) is 0 Å². The van der Waals surface area contributed by atoms with Gasteiger partial charge in [0.05, 0.1) is 10.5 Å². The lowest BCUT2D eigenvalue weighted by molar-refractivity contribution is -0.137. The van der Waals surface area contributed by atoms with E-state index >= 15 is 0 Å². The third kappa shape index (κ3) is 3.93. The summed E-state index contributed by atoms with van der Waals surface area (Å²) < 4.78 is 0.386. The number of thiophene rings is 1. The summed E-state index contributed by atoms with van der Waals surface area (Å²) in [5.41, 5.74) is 0.174. The van der Waals surface area contributed by atoms with Gasteiger partial charge in [0.1, 0.15) is 4.32 Å². The van der Waals surface area contributed by atoms with Gasteiger partial charge in [0.15, 0.2) is 0 Å². The molecule has 0 saturated carbocycles. The van der Waals surface area contributed by atoms with Crippen molar-refractivity contribution in [3.05, 3.63) is 26.8 Å². The fourth-order valence-corrected chi connectivity index (χ4v) is 3.94. The molecule has 1 aromatic rings. The number of carboxylic acids is 2. The highest BCUT2D eigenvalue weighted by Crippen LogP contribution is 2.33. The number of rotatable bonds is 6. The number of aliphatic carboxylic acids is 1. The molecule has 2 N–H and O–H groups in total. The zero-order chi connectivity index (χ0) is 16.3. The summed E-state index contributed by atoms with van der Waals surface area (Å²) in [5.74, 6) is -2.21. The lowest BCUT2D eigenvalue weighted by atomic mass is 10.3. The topological polar surface area (TPSA) is 94.9 Å². The minimum atomic E-state index is -1.02. The minimum Gasteiger partial charge on any atom is -0.481 e. The van der Waals surface area contributed by atoms with E-state index < -0.39 is 11.9 Å². The maximum absolute atomic E-state index is 12.2. The maximum Gasteiger partial charge on any atom is 0.336 e. The number of aromatic carboxylic acids is 1. The van der Waals surface area contributed by atoms with Gasteiger partial charge in [-0.2, -0.15) is 0 Å². The smallest absolute Gasteiger partial charge is 0.336 e. The Morgan fingerprint density at radius 3 is 2.68 bits per heavy atom. The first-order chi connectivity index (χ1) is 10.4. The quantitative estimate of drug-likeness (QED) is 0.596. The lowest BCUT2D eigenvalue weighted by Crippen LogP contribution is -2.29. The van der Waals surface area contributed by atoms with Crippen molar-refractivity contribution in [2.75, 3.05) is 6.54 Å². The number of thiocarbonyl (C=S) groups is 1. The zero-order valence-electron chi connectivity index (χ0n) is 11.1. The SMILES string of the molecule is O=C(O)CCCN1C(=O)/C(=C\c2cc(C(=O)O)cs2)SC1=S. The van der Waals surface area contributed by atoms with E-state index in [-0.39, 0.29) is 24.4 Å². The molecule has 1 amide bonds. The van der Waals surface area contributed by atoms with Gasteiger partial charge < -0.3 is 10.2 Å². The van der Waals surface area contributed by atoms with Gasteiger partial charge in [0.2, 0.25) is 0 Å². The Labute approximate surface area is 139 Å². The molecule has 1 saturated heterocycles. The fraction of sp³-hybridized carbons (Fsp3) is 0.231.